The standard InChI is InChI=1S/C11H11N5.C6H9N3.2C5H8N4.2C5H7N3.C5H6N2.ClH/c12-10-7-6-9(11(13)14-10)16-15-8-4-2-1-3-5-8;1-4-2-6(8)9-3-5(4)7;6-3-1-4(7)9-5(8)2-3;6-3-1-2-4(7)9-5(3)8;6-4-1-2-8-3-5(4)7;6-4-2-1-3-5(7)8-4;6-5-1-3-7-4-2-5;/h1-7H,(H4,12,13,14);2-3H,7H2,1H3,(H2,8,9);1-2H,(H6,6,7,8,9);1-2H,6H2,(H4,7,8,9);1-3H,7H2,(H2,6,8);1-3H,(H4,6,7,8);1-4H,(H2,6,7);1H. The maximum Gasteiger partial charge on any atom is 0.153 e. The Labute approximate surface area is 392 Å². The van der Waals surface area contributed by atoms with E-state index in [4.69, 9.17) is 86.0 Å². The third kappa shape index (κ3) is 23.8. The lowest BCUT2D eigenvalue weighted by Gasteiger charge is -1.98. The van der Waals surface area contributed by atoms with Crippen LogP contribution in [0.5, 0.6) is 0 Å². The monoisotopic (exact) mass is 932 g/mol. The molecule has 352 valence electrons. The summed E-state index contributed by atoms with van der Waals surface area (Å²) in [6.07, 6.45) is 8.01. The van der Waals surface area contributed by atoms with Crippen LogP contribution in [0.1, 0.15) is 5.56 Å². The zero-order valence-corrected chi connectivity index (χ0v) is 37.2. The highest BCUT2D eigenvalue weighted by Crippen LogP contribution is 2.23. The van der Waals surface area contributed by atoms with Crippen molar-refractivity contribution in [2.45, 2.75) is 6.92 Å². The van der Waals surface area contributed by atoms with Crippen LogP contribution in [0.4, 0.5) is 97.9 Å². The molecule has 67 heavy (non-hydrogen) atoms. The topological polar surface area (TPSA) is 505 Å². The lowest BCUT2D eigenvalue weighted by molar-refractivity contribution is 1.21. The first-order valence-electron chi connectivity index (χ1n) is 18.9. The van der Waals surface area contributed by atoms with Crippen LogP contribution in [0.2, 0.25) is 0 Å². The SMILES string of the molecule is Cc1cc(N)ncc1N.Cl.Nc1cc(N)nc(N)c1.Nc1ccc(N)c(N)n1.Nc1ccc(N=Nc2ccccc2)c(N)n1.Nc1cccc(N)n1.Nc1ccncc1.Nc1ccncc1N. The number of aromatic nitrogens is 7. The number of nitrogens with zero attached hydrogens (tertiary/aromatic N) is 9. The zero-order chi connectivity index (χ0) is 49.0. The molecule has 0 spiro atoms. The number of rotatable bonds is 2. The molecule has 30 N–H and O–H groups in total. The van der Waals surface area contributed by atoms with Crippen molar-refractivity contribution in [3.8, 4) is 0 Å². The van der Waals surface area contributed by atoms with Gasteiger partial charge in [-0.15, -0.1) is 17.5 Å². The Balaban J connectivity index is 0.000000398. The number of nitrogens with two attached hydrogens (primary N) is 15. The van der Waals surface area contributed by atoms with Gasteiger partial charge in [-0.2, -0.15) is 5.11 Å². The van der Waals surface area contributed by atoms with Crippen LogP contribution in [0, 0.1) is 6.92 Å². The normalized spacial score (nSPS) is 9.39. The summed E-state index contributed by atoms with van der Waals surface area (Å²) in [7, 11) is 0. The van der Waals surface area contributed by atoms with Crippen molar-refractivity contribution in [3.63, 3.8) is 0 Å². The van der Waals surface area contributed by atoms with Crippen molar-refractivity contribution < 1.29 is 0 Å². The molecule has 0 aliphatic heterocycles. The Bertz CT molecular complexity index is 2550. The number of hydrogen-bond acceptors (Lipinski definition) is 24. The van der Waals surface area contributed by atoms with E-state index in [1.807, 2.05) is 37.3 Å². The summed E-state index contributed by atoms with van der Waals surface area (Å²) < 4.78 is 0. The quantitative estimate of drug-likeness (QED) is 0.106. The van der Waals surface area contributed by atoms with Crippen LogP contribution in [0.3, 0.4) is 0 Å². The third-order valence-electron chi connectivity index (χ3n) is 7.38. The van der Waals surface area contributed by atoms with E-state index in [1.54, 1.807) is 104 Å². The van der Waals surface area contributed by atoms with Crippen LogP contribution in [-0.2, 0) is 0 Å². The van der Waals surface area contributed by atoms with Gasteiger partial charge in [-0.1, -0.05) is 24.3 Å². The summed E-state index contributed by atoms with van der Waals surface area (Å²) >= 11 is 0. The van der Waals surface area contributed by atoms with Gasteiger partial charge < -0.3 is 86.0 Å². The number of anilines is 15. The predicted molar refractivity (Wildman–Crippen MR) is 278 cm³/mol. The molecule has 0 atom stereocenters. The molecule has 0 fully saturated rings. The van der Waals surface area contributed by atoms with E-state index in [9.17, 15) is 0 Å². The second kappa shape index (κ2) is 29.5. The maximum atomic E-state index is 5.64. The molecule has 8 aromatic rings. The van der Waals surface area contributed by atoms with Gasteiger partial charge in [-0.3, -0.25) is 9.97 Å². The van der Waals surface area contributed by atoms with Crippen LogP contribution in [0.15, 0.2) is 150 Å². The van der Waals surface area contributed by atoms with Crippen molar-refractivity contribution >= 4 is 110 Å². The molecule has 8 rings (SSSR count). The molecule has 1 aromatic carbocycles. The van der Waals surface area contributed by atoms with Crippen molar-refractivity contribution in [3.05, 3.63) is 146 Å². The maximum absolute atomic E-state index is 5.64. The van der Waals surface area contributed by atoms with E-state index in [1.165, 1.54) is 6.20 Å². The van der Waals surface area contributed by atoms with Gasteiger partial charge in [-0.25, -0.2) is 24.9 Å². The van der Waals surface area contributed by atoms with Gasteiger partial charge in [0.05, 0.1) is 40.8 Å². The summed E-state index contributed by atoms with van der Waals surface area (Å²) in [5, 5.41) is 8.03. The predicted octanol–water partition coefficient (Wildman–Crippen LogP) is 4.45. The molecule has 0 aliphatic carbocycles. The van der Waals surface area contributed by atoms with E-state index < -0.39 is 0 Å². The second-order valence-corrected chi connectivity index (χ2v) is 12.9. The van der Waals surface area contributed by atoms with Gasteiger partial charge in [0, 0.05) is 42.1 Å². The number of pyridine rings is 7. The van der Waals surface area contributed by atoms with E-state index in [0.29, 0.717) is 74.8 Å². The number of hydrogen-bond donors (Lipinski definition) is 15. The molecule has 0 unspecified atom stereocenters. The molecule has 0 saturated carbocycles. The number of benzene rings is 1. The number of halogens is 1. The summed E-state index contributed by atoms with van der Waals surface area (Å²) in [5.74, 6) is 3.48. The lowest BCUT2D eigenvalue weighted by Crippen LogP contribution is -1.99. The highest BCUT2D eigenvalue weighted by atomic mass is 35.5. The summed E-state index contributed by atoms with van der Waals surface area (Å²) in [4.78, 5) is 26.3. The Morgan fingerprint density at radius 1 is 0.373 bits per heavy atom. The Morgan fingerprint density at radius 3 is 1.33 bits per heavy atom. The van der Waals surface area contributed by atoms with Gasteiger partial charge in [0.1, 0.15) is 52.2 Å². The summed E-state index contributed by atoms with van der Waals surface area (Å²) in [5.41, 5.74) is 86.2. The Hall–Kier alpha value is -9.84. The summed E-state index contributed by atoms with van der Waals surface area (Å²) in [6, 6.07) is 31.1. The molecular weight excluding hydrogens is 876 g/mol. The van der Waals surface area contributed by atoms with Gasteiger partial charge in [0.15, 0.2) is 5.82 Å². The van der Waals surface area contributed by atoms with Crippen molar-refractivity contribution in [1.29, 1.82) is 0 Å². The molecule has 0 radical (unpaired) electrons. The van der Waals surface area contributed by atoms with Crippen LogP contribution in [-0.4, -0.2) is 34.9 Å². The fourth-order valence-electron chi connectivity index (χ4n) is 4.11. The van der Waals surface area contributed by atoms with Crippen LogP contribution in [0.25, 0.3) is 0 Å². The van der Waals surface area contributed by atoms with E-state index in [-0.39, 0.29) is 24.0 Å². The lowest BCUT2D eigenvalue weighted by atomic mass is 10.2. The third-order valence-corrected chi connectivity index (χ3v) is 7.38. The van der Waals surface area contributed by atoms with Gasteiger partial charge >= 0.3 is 0 Å². The first-order valence-corrected chi connectivity index (χ1v) is 18.9. The van der Waals surface area contributed by atoms with E-state index in [2.05, 4.69) is 45.1 Å². The van der Waals surface area contributed by atoms with Crippen molar-refractivity contribution in [1.82, 2.24) is 34.9 Å². The van der Waals surface area contributed by atoms with Crippen molar-refractivity contribution in [2.75, 3.05) is 86.0 Å². The van der Waals surface area contributed by atoms with Gasteiger partial charge in [-0.05, 0) is 85.3 Å². The fraction of sp³-hybridized carbons (Fsp3) is 0.0238. The molecule has 0 bridgehead atoms. The smallest absolute Gasteiger partial charge is 0.153 e. The first kappa shape index (κ1) is 55.2. The van der Waals surface area contributed by atoms with Gasteiger partial charge in [0.2, 0.25) is 0 Å². The molecule has 24 nitrogen and oxygen atoms in total. The van der Waals surface area contributed by atoms with Crippen molar-refractivity contribution in [2.24, 2.45) is 10.2 Å². The largest absolute Gasteiger partial charge is 0.399 e. The van der Waals surface area contributed by atoms with E-state index in [0.717, 1.165) is 16.9 Å². The number of aryl methyl sites for hydroxylation is 1. The minimum atomic E-state index is 0. The minimum Gasteiger partial charge on any atom is -0.399 e. The molecule has 0 saturated heterocycles. The molecule has 25 heteroatoms. The van der Waals surface area contributed by atoms with Crippen LogP contribution >= 0.6 is 12.4 Å². The molecule has 0 amide bonds. The molecular formula is C42H57ClN24. The second-order valence-electron chi connectivity index (χ2n) is 12.9. The Morgan fingerprint density at radius 2 is 0.910 bits per heavy atom. The highest BCUT2D eigenvalue weighted by molar-refractivity contribution is 5.85. The average Bonchev–Trinajstić information content (AvgIpc) is 3.26. The highest BCUT2D eigenvalue weighted by Gasteiger charge is 1.99. The molecule has 0 aliphatic rings. The first-order chi connectivity index (χ1) is 31.3. The van der Waals surface area contributed by atoms with E-state index >= 15 is 0 Å². The fourth-order valence-corrected chi connectivity index (χ4v) is 4.11. The Kier molecular flexibility index (Phi) is 24.3. The number of nitrogen functional groups attached to an aromatic ring is 15. The molecule has 7 heterocycles. The molecule has 7 aromatic heterocycles. The average molecular weight is 934 g/mol. The number of azo groups is 1. The zero-order valence-electron chi connectivity index (χ0n) is 36.4. The minimum absolute atomic E-state index is 0. The van der Waals surface area contributed by atoms with Gasteiger partial charge in [0.25, 0.3) is 0 Å². The summed E-state index contributed by atoms with van der Waals surface area (Å²) in [6.45, 7) is 1.90. The van der Waals surface area contributed by atoms with Crippen LogP contribution < -0.4 is 86.0 Å².